The van der Waals surface area contributed by atoms with Crippen LogP contribution in [0.15, 0.2) is 30.3 Å². The van der Waals surface area contributed by atoms with E-state index in [4.69, 9.17) is 0 Å². The zero-order chi connectivity index (χ0) is 14.0. The Labute approximate surface area is 125 Å². The average Bonchev–Trinajstić information content (AvgIpc) is 2.71. The minimum atomic E-state index is 0.791. The maximum absolute atomic E-state index is 3.75. The van der Waals surface area contributed by atoms with Gasteiger partial charge in [-0.2, -0.15) is 0 Å². The summed E-state index contributed by atoms with van der Waals surface area (Å²) in [6, 6.07) is 11.7. The summed E-state index contributed by atoms with van der Waals surface area (Å²) in [4.78, 5) is 0. The quantitative estimate of drug-likeness (QED) is 0.693. The van der Waals surface area contributed by atoms with Gasteiger partial charge in [0.2, 0.25) is 0 Å². The van der Waals surface area contributed by atoms with Gasteiger partial charge in [-0.05, 0) is 50.1 Å². The van der Waals surface area contributed by atoms with Crippen LogP contribution >= 0.6 is 0 Å². The van der Waals surface area contributed by atoms with Gasteiger partial charge in [-0.1, -0.05) is 62.9 Å². The maximum atomic E-state index is 3.75. The van der Waals surface area contributed by atoms with Crippen molar-refractivity contribution in [3.05, 3.63) is 35.9 Å². The topological polar surface area (TPSA) is 12.0 Å². The van der Waals surface area contributed by atoms with Gasteiger partial charge in [0.1, 0.15) is 0 Å². The second-order valence-corrected chi connectivity index (χ2v) is 6.42. The molecule has 0 heterocycles. The first-order chi connectivity index (χ1) is 9.88. The molecule has 0 saturated heterocycles. The fourth-order valence-corrected chi connectivity index (χ4v) is 3.50. The van der Waals surface area contributed by atoms with Gasteiger partial charge in [-0.15, -0.1) is 0 Å². The van der Waals surface area contributed by atoms with E-state index in [1.54, 1.807) is 0 Å². The van der Waals surface area contributed by atoms with E-state index in [1.807, 2.05) is 0 Å². The van der Waals surface area contributed by atoms with Crippen molar-refractivity contribution >= 4 is 0 Å². The van der Waals surface area contributed by atoms with Gasteiger partial charge in [0, 0.05) is 6.04 Å². The number of benzene rings is 1. The standard InChI is InChI=1S/C19H31N/c1-2-15-20-19-14-7-6-11-18(16-19)13-8-12-17-9-4-3-5-10-17/h3-5,9-10,18-20H,2,6-8,11-16H2,1H3. The minimum Gasteiger partial charge on any atom is -0.314 e. The van der Waals surface area contributed by atoms with Crippen molar-refractivity contribution in [2.45, 2.75) is 70.8 Å². The Balaban J connectivity index is 1.70. The van der Waals surface area contributed by atoms with Crippen LogP contribution in [0.25, 0.3) is 0 Å². The van der Waals surface area contributed by atoms with Crippen LogP contribution in [0, 0.1) is 5.92 Å². The Morgan fingerprint density at radius 1 is 1.10 bits per heavy atom. The lowest BCUT2D eigenvalue weighted by molar-refractivity contribution is 0.362. The summed E-state index contributed by atoms with van der Waals surface area (Å²) in [5.41, 5.74) is 1.50. The number of rotatable bonds is 7. The second kappa shape index (κ2) is 9.18. The summed E-state index contributed by atoms with van der Waals surface area (Å²) in [5.74, 6) is 0.954. The predicted octanol–water partition coefficient (Wildman–Crippen LogP) is 4.96. The molecule has 20 heavy (non-hydrogen) atoms. The molecule has 1 aliphatic carbocycles. The highest BCUT2D eigenvalue weighted by atomic mass is 14.9. The Hall–Kier alpha value is -0.820. The van der Waals surface area contributed by atoms with Crippen molar-refractivity contribution in [1.82, 2.24) is 5.32 Å². The SMILES string of the molecule is CCCNC1CCCCC(CCCc2ccccc2)C1. The van der Waals surface area contributed by atoms with Crippen LogP contribution in [-0.4, -0.2) is 12.6 Å². The number of aryl methyl sites for hydroxylation is 1. The molecule has 0 aromatic heterocycles. The highest BCUT2D eigenvalue weighted by molar-refractivity contribution is 5.14. The molecule has 0 spiro atoms. The summed E-state index contributed by atoms with van der Waals surface area (Å²) in [5, 5.41) is 3.75. The molecule has 0 bridgehead atoms. The van der Waals surface area contributed by atoms with E-state index >= 15 is 0 Å². The zero-order valence-corrected chi connectivity index (χ0v) is 13.1. The van der Waals surface area contributed by atoms with Crippen molar-refractivity contribution < 1.29 is 0 Å². The molecule has 0 amide bonds. The summed E-state index contributed by atoms with van der Waals surface area (Å²) >= 11 is 0. The van der Waals surface area contributed by atoms with Crippen LogP contribution in [0.1, 0.15) is 63.9 Å². The fraction of sp³-hybridized carbons (Fsp3) is 0.684. The predicted molar refractivity (Wildman–Crippen MR) is 88.0 cm³/mol. The lowest BCUT2D eigenvalue weighted by Crippen LogP contribution is -2.30. The highest BCUT2D eigenvalue weighted by Gasteiger charge is 2.19. The molecule has 1 saturated carbocycles. The minimum absolute atomic E-state index is 0.791. The Morgan fingerprint density at radius 2 is 1.90 bits per heavy atom. The Bertz CT molecular complexity index is 346. The molecular formula is C19H31N. The Morgan fingerprint density at radius 3 is 2.70 bits per heavy atom. The van der Waals surface area contributed by atoms with Gasteiger partial charge < -0.3 is 5.32 Å². The van der Waals surface area contributed by atoms with Crippen LogP contribution in [0.3, 0.4) is 0 Å². The first kappa shape index (κ1) is 15.6. The van der Waals surface area contributed by atoms with E-state index in [0.717, 1.165) is 12.0 Å². The van der Waals surface area contributed by atoms with Crippen molar-refractivity contribution in [3.8, 4) is 0 Å². The molecule has 0 radical (unpaired) electrons. The molecule has 1 aliphatic rings. The summed E-state index contributed by atoms with van der Waals surface area (Å²) < 4.78 is 0. The first-order valence-electron chi connectivity index (χ1n) is 8.65. The summed E-state index contributed by atoms with van der Waals surface area (Å²) in [6.45, 7) is 3.46. The largest absolute Gasteiger partial charge is 0.314 e. The number of nitrogens with one attached hydrogen (secondary N) is 1. The highest BCUT2D eigenvalue weighted by Crippen LogP contribution is 2.27. The molecule has 1 aromatic rings. The third kappa shape index (κ3) is 5.66. The van der Waals surface area contributed by atoms with Crippen molar-refractivity contribution in [2.75, 3.05) is 6.54 Å². The smallest absolute Gasteiger partial charge is 0.00696 e. The molecule has 2 rings (SSSR count). The summed E-state index contributed by atoms with van der Waals surface area (Å²) in [6.07, 6.45) is 12.4. The first-order valence-corrected chi connectivity index (χ1v) is 8.65. The van der Waals surface area contributed by atoms with Crippen molar-refractivity contribution in [3.63, 3.8) is 0 Å². The van der Waals surface area contributed by atoms with Crippen LogP contribution in [-0.2, 0) is 6.42 Å². The average molecular weight is 273 g/mol. The van der Waals surface area contributed by atoms with Gasteiger partial charge in [0.15, 0.2) is 0 Å². The van der Waals surface area contributed by atoms with Crippen LogP contribution < -0.4 is 5.32 Å². The van der Waals surface area contributed by atoms with Crippen LogP contribution in [0.2, 0.25) is 0 Å². The third-order valence-electron chi connectivity index (χ3n) is 4.64. The van der Waals surface area contributed by atoms with Gasteiger partial charge in [0.25, 0.3) is 0 Å². The molecule has 112 valence electrons. The van der Waals surface area contributed by atoms with E-state index in [2.05, 4.69) is 42.6 Å². The number of hydrogen-bond donors (Lipinski definition) is 1. The monoisotopic (exact) mass is 273 g/mol. The molecule has 1 heteroatoms. The van der Waals surface area contributed by atoms with E-state index in [1.165, 1.54) is 69.9 Å². The second-order valence-electron chi connectivity index (χ2n) is 6.42. The lowest BCUT2D eigenvalue weighted by Gasteiger charge is -2.21. The van der Waals surface area contributed by atoms with Gasteiger partial charge in [0.05, 0.1) is 0 Å². The number of hydrogen-bond acceptors (Lipinski definition) is 1. The third-order valence-corrected chi connectivity index (χ3v) is 4.64. The van der Waals surface area contributed by atoms with E-state index in [0.29, 0.717) is 0 Å². The lowest BCUT2D eigenvalue weighted by atomic mass is 9.91. The normalized spacial score (nSPS) is 23.4. The molecular weight excluding hydrogens is 242 g/mol. The van der Waals surface area contributed by atoms with E-state index in [-0.39, 0.29) is 0 Å². The van der Waals surface area contributed by atoms with Gasteiger partial charge in [-0.3, -0.25) is 0 Å². The molecule has 2 atom stereocenters. The van der Waals surface area contributed by atoms with E-state index in [9.17, 15) is 0 Å². The molecule has 1 nitrogen and oxygen atoms in total. The van der Waals surface area contributed by atoms with Crippen LogP contribution in [0.4, 0.5) is 0 Å². The van der Waals surface area contributed by atoms with Crippen molar-refractivity contribution in [1.29, 1.82) is 0 Å². The molecule has 0 aliphatic heterocycles. The fourth-order valence-electron chi connectivity index (χ4n) is 3.50. The zero-order valence-electron chi connectivity index (χ0n) is 13.1. The maximum Gasteiger partial charge on any atom is 0.00696 e. The van der Waals surface area contributed by atoms with Gasteiger partial charge in [-0.25, -0.2) is 0 Å². The van der Waals surface area contributed by atoms with Crippen molar-refractivity contribution in [2.24, 2.45) is 5.92 Å². The van der Waals surface area contributed by atoms with E-state index < -0.39 is 0 Å². The Kier molecular flexibility index (Phi) is 7.14. The molecule has 1 aromatic carbocycles. The molecule has 1 fully saturated rings. The molecule has 2 unspecified atom stereocenters. The summed E-state index contributed by atoms with van der Waals surface area (Å²) in [7, 11) is 0. The van der Waals surface area contributed by atoms with Gasteiger partial charge >= 0.3 is 0 Å². The molecule has 1 N–H and O–H groups in total. The van der Waals surface area contributed by atoms with Crippen LogP contribution in [0.5, 0.6) is 0 Å².